The van der Waals surface area contributed by atoms with Gasteiger partial charge in [-0.05, 0) is 55.3 Å². The number of Topliss-reactive ketones (excluding diaryl/α,β-unsaturated/α-hetero) is 1. The number of carbonyl (C=O) groups is 2. The van der Waals surface area contributed by atoms with Gasteiger partial charge in [0.15, 0.2) is 11.5 Å². The summed E-state index contributed by atoms with van der Waals surface area (Å²) >= 11 is 0. The van der Waals surface area contributed by atoms with Crippen LogP contribution < -0.4 is 4.90 Å². The number of aryl methyl sites for hydroxylation is 2. The van der Waals surface area contributed by atoms with Crippen molar-refractivity contribution >= 4 is 17.4 Å². The van der Waals surface area contributed by atoms with Crippen LogP contribution in [0.4, 0.5) is 5.69 Å². The normalized spacial score (nSPS) is 15.9. The third-order valence-electron chi connectivity index (χ3n) is 5.30. The number of furan rings is 1. The Kier molecular flexibility index (Phi) is 5.42. The molecule has 3 aromatic rings. The van der Waals surface area contributed by atoms with Crippen LogP contribution in [0.2, 0.25) is 0 Å². The van der Waals surface area contributed by atoms with Crippen LogP contribution in [0.15, 0.2) is 82.5 Å². The van der Waals surface area contributed by atoms with Crippen molar-refractivity contribution in [1.29, 1.82) is 5.26 Å². The first-order chi connectivity index (χ1) is 15.0. The topological polar surface area (TPSA) is 94.5 Å². The van der Waals surface area contributed by atoms with Crippen molar-refractivity contribution in [3.63, 3.8) is 0 Å². The van der Waals surface area contributed by atoms with Crippen molar-refractivity contribution in [2.45, 2.75) is 25.8 Å². The summed E-state index contributed by atoms with van der Waals surface area (Å²) < 4.78 is 5.76. The molecule has 0 radical (unpaired) electrons. The van der Waals surface area contributed by atoms with Gasteiger partial charge in [-0.3, -0.25) is 14.5 Å². The summed E-state index contributed by atoms with van der Waals surface area (Å²) in [5, 5.41) is 19.7. The lowest BCUT2D eigenvalue weighted by Gasteiger charge is -2.25. The fourth-order valence-corrected chi connectivity index (χ4v) is 3.76. The minimum atomic E-state index is -0.877. The Labute approximate surface area is 179 Å². The van der Waals surface area contributed by atoms with E-state index in [1.807, 2.05) is 36.4 Å². The first-order valence-electron chi connectivity index (χ1n) is 9.90. The first-order valence-corrected chi connectivity index (χ1v) is 9.90. The molecule has 1 amide bonds. The molecule has 1 N–H and O–H groups in total. The van der Waals surface area contributed by atoms with E-state index in [0.29, 0.717) is 29.2 Å². The molecule has 1 aromatic heterocycles. The van der Waals surface area contributed by atoms with Crippen LogP contribution in [0.5, 0.6) is 0 Å². The highest BCUT2D eigenvalue weighted by molar-refractivity contribution is 6.16. The maximum atomic E-state index is 13.2. The predicted octanol–water partition coefficient (Wildman–Crippen LogP) is 4.56. The smallest absolute Gasteiger partial charge is 0.294 e. The average Bonchev–Trinajstić information content (AvgIpc) is 3.34. The summed E-state index contributed by atoms with van der Waals surface area (Å²) in [6.45, 7) is 1.77. The second-order valence-corrected chi connectivity index (χ2v) is 7.36. The highest BCUT2D eigenvalue weighted by Crippen LogP contribution is 2.42. The summed E-state index contributed by atoms with van der Waals surface area (Å²) in [6.07, 6.45) is 0.638. The number of hydrogen-bond donors (Lipinski definition) is 1. The number of carbonyl (C=O) groups excluding carboxylic acids is 2. The van der Waals surface area contributed by atoms with Gasteiger partial charge in [0.1, 0.15) is 17.6 Å². The first kappa shape index (κ1) is 20.2. The van der Waals surface area contributed by atoms with Crippen LogP contribution in [0, 0.1) is 18.3 Å². The molecule has 0 bridgehead atoms. The molecular weight excluding hydrogens is 392 g/mol. The zero-order chi connectivity index (χ0) is 22.0. The van der Waals surface area contributed by atoms with Crippen LogP contribution in [0.25, 0.3) is 0 Å². The molecule has 6 heteroatoms. The molecule has 6 nitrogen and oxygen atoms in total. The monoisotopic (exact) mass is 412 g/mol. The molecule has 1 aliphatic rings. The van der Waals surface area contributed by atoms with Crippen molar-refractivity contribution in [2.24, 2.45) is 0 Å². The molecule has 1 unspecified atom stereocenters. The maximum Gasteiger partial charge on any atom is 0.294 e. The van der Waals surface area contributed by atoms with Crippen LogP contribution in [-0.4, -0.2) is 16.8 Å². The van der Waals surface area contributed by atoms with Gasteiger partial charge in [-0.2, -0.15) is 5.26 Å². The summed E-state index contributed by atoms with van der Waals surface area (Å²) in [4.78, 5) is 27.5. The number of nitrogens with zero attached hydrogens (tertiary/aromatic N) is 2. The maximum absolute atomic E-state index is 13.2. The molecule has 0 spiro atoms. The molecular formula is C25H20N2O4. The molecule has 154 valence electrons. The number of benzene rings is 2. The number of nitriles is 1. The molecule has 0 saturated heterocycles. The number of hydrogen-bond acceptors (Lipinski definition) is 5. The zero-order valence-corrected chi connectivity index (χ0v) is 16.9. The lowest BCUT2D eigenvalue weighted by molar-refractivity contribution is -0.118. The van der Waals surface area contributed by atoms with Gasteiger partial charge in [-0.15, -0.1) is 0 Å². The van der Waals surface area contributed by atoms with E-state index in [-0.39, 0.29) is 17.8 Å². The second-order valence-electron chi connectivity index (χ2n) is 7.36. The van der Waals surface area contributed by atoms with Gasteiger partial charge in [0.05, 0.1) is 17.2 Å². The van der Waals surface area contributed by atoms with Crippen molar-refractivity contribution in [1.82, 2.24) is 0 Å². The van der Waals surface area contributed by atoms with Crippen LogP contribution in [-0.2, 0) is 16.0 Å². The summed E-state index contributed by atoms with van der Waals surface area (Å²) in [6, 6.07) is 20.6. The van der Waals surface area contributed by atoms with E-state index in [2.05, 4.69) is 0 Å². The van der Waals surface area contributed by atoms with E-state index in [4.69, 9.17) is 9.68 Å². The van der Waals surface area contributed by atoms with Gasteiger partial charge >= 0.3 is 0 Å². The van der Waals surface area contributed by atoms with Crippen molar-refractivity contribution in [3.8, 4) is 6.07 Å². The largest absolute Gasteiger partial charge is 0.503 e. The van der Waals surface area contributed by atoms with Gasteiger partial charge in [0.2, 0.25) is 0 Å². The number of anilines is 1. The van der Waals surface area contributed by atoms with E-state index < -0.39 is 17.7 Å². The van der Waals surface area contributed by atoms with E-state index in [1.54, 1.807) is 43.3 Å². The Balaban J connectivity index is 1.70. The van der Waals surface area contributed by atoms with Crippen molar-refractivity contribution in [2.75, 3.05) is 4.90 Å². The van der Waals surface area contributed by atoms with Gasteiger partial charge in [0, 0.05) is 12.1 Å². The summed E-state index contributed by atoms with van der Waals surface area (Å²) in [5.74, 6) is -0.537. The molecule has 1 aliphatic heterocycles. The van der Waals surface area contributed by atoms with Crippen LogP contribution in [0.3, 0.4) is 0 Å². The Hall–Kier alpha value is -4.11. The van der Waals surface area contributed by atoms with E-state index in [1.165, 1.54) is 4.90 Å². The molecule has 0 fully saturated rings. The molecule has 0 saturated carbocycles. The Morgan fingerprint density at radius 1 is 1.10 bits per heavy atom. The summed E-state index contributed by atoms with van der Waals surface area (Å²) in [7, 11) is 0. The number of rotatable bonds is 6. The fourth-order valence-electron chi connectivity index (χ4n) is 3.76. The standard InChI is InChI=1S/C25H20N2O4/c1-16-7-14-21(31-16)23-22(20(28)13-10-17-5-3-2-4-6-17)24(29)25(30)27(23)19-11-8-18(15-26)9-12-19/h2-9,11-12,14,23,29H,10,13H2,1H3. The minimum absolute atomic E-state index is 0.0274. The average molecular weight is 412 g/mol. The Morgan fingerprint density at radius 3 is 2.42 bits per heavy atom. The lowest BCUT2D eigenvalue weighted by atomic mass is 9.96. The SMILES string of the molecule is Cc1ccc(C2C(C(=O)CCc3ccccc3)=C(O)C(=O)N2c2ccc(C#N)cc2)o1. The number of amides is 1. The quantitative estimate of drug-likeness (QED) is 0.640. The van der Waals surface area contributed by atoms with Gasteiger partial charge < -0.3 is 9.52 Å². The molecule has 2 heterocycles. The molecule has 0 aliphatic carbocycles. The van der Waals surface area contributed by atoms with Gasteiger partial charge in [-0.25, -0.2) is 0 Å². The van der Waals surface area contributed by atoms with E-state index in [0.717, 1.165) is 5.56 Å². The number of aliphatic hydroxyl groups excluding tert-OH is 1. The van der Waals surface area contributed by atoms with E-state index >= 15 is 0 Å². The second kappa shape index (κ2) is 8.33. The highest BCUT2D eigenvalue weighted by atomic mass is 16.3. The Bertz CT molecular complexity index is 1200. The van der Waals surface area contributed by atoms with Gasteiger partial charge in [0.25, 0.3) is 5.91 Å². The van der Waals surface area contributed by atoms with Gasteiger partial charge in [-0.1, -0.05) is 30.3 Å². The number of ketones is 1. The molecule has 1 atom stereocenters. The lowest BCUT2D eigenvalue weighted by Crippen LogP contribution is -2.30. The predicted molar refractivity (Wildman–Crippen MR) is 114 cm³/mol. The third-order valence-corrected chi connectivity index (χ3v) is 5.30. The fraction of sp³-hybridized carbons (Fsp3) is 0.160. The Morgan fingerprint density at radius 2 is 1.81 bits per heavy atom. The minimum Gasteiger partial charge on any atom is -0.503 e. The van der Waals surface area contributed by atoms with Crippen LogP contribution >= 0.6 is 0 Å². The van der Waals surface area contributed by atoms with Crippen LogP contribution in [0.1, 0.15) is 35.1 Å². The highest BCUT2D eigenvalue weighted by Gasteiger charge is 2.45. The molecule has 31 heavy (non-hydrogen) atoms. The van der Waals surface area contributed by atoms with Crippen molar-refractivity contribution in [3.05, 3.63) is 101 Å². The zero-order valence-electron chi connectivity index (χ0n) is 16.9. The molecule has 2 aromatic carbocycles. The summed E-state index contributed by atoms with van der Waals surface area (Å²) in [5.41, 5.74) is 1.92. The third kappa shape index (κ3) is 3.86. The molecule has 4 rings (SSSR count). The number of aliphatic hydroxyl groups is 1. The van der Waals surface area contributed by atoms with Crippen molar-refractivity contribution < 1.29 is 19.1 Å². The van der Waals surface area contributed by atoms with E-state index in [9.17, 15) is 14.7 Å².